The van der Waals surface area contributed by atoms with Crippen molar-refractivity contribution in [2.75, 3.05) is 23.7 Å². The number of anilines is 1. The Kier molecular flexibility index (Phi) is 9.67. The topological polar surface area (TPSA) is 86.8 Å². The molecule has 1 atom stereocenters. The lowest BCUT2D eigenvalue weighted by Gasteiger charge is -2.33. The maximum atomic E-state index is 13.6. The molecular formula is C26H37N3O4S. The largest absolute Gasteiger partial charge is 0.354 e. The van der Waals surface area contributed by atoms with Gasteiger partial charge in [0.05, 0.1) is 11.9 Å². The molecule has 34 heavy (non-hydrogen) atoms. The molecule has 1 unspecified atom stereocenters. The van der Waals surface area contributed by atoms with Gasteiger partial charge in [0.2, 0.25) is 21.8 Å². The summed E-state index contributed by atoms with van der Waals surface area (Å²) in [7, 11) is -3.73. The number of benzene rings is 2. The Hall–Kier alpha value is -2.87. The fourth-order valence-corrected chi connectivity index (χ4v) is 4.52. The lowest BCUT2D eigenvalue weighted by molar-refractivity contribution is -0.140. The minimum absolute atomic E-state index is 0.208. The number of nitrogens with zero attached hydrogens (tertiary/aromatic N) is 2. The van der Waals surface area contributed by atoms with E-state index in [0.29, 0.717) is 18.7 Å². The quantitative estimate of drug-likeness (QED) is 0.524. The molecule has 1 N–H and O–H groups in total. The summed E-state index contributed by atoms with van der Waals surface area (Å²) in [5, 5.41) is 2.92. The Balaban J connectivity index is 2.41. The van der Waals surface area contributed by atoms with Crippen LogP contribution >= 0.6 is 0 Å². The maximum absolute atomic E-state index is 13.6. The highest BCUT2D eigenvalue weighted by Crippen LogP contribution is 2.20. The van der Waals surface area contributed by atoms with Crippen molar-refractivity contribution < 1.29 is 18.0 Å². The molecule has 2 amide bonds. The Labute approximate surface area is 204 Å². The van der Waals surface area contributed by atoms with Crippen molar-refractivity contribution in [3.05, 3.63) is 65.2 Å². The van der Waals surface area contributed by atoms with Gasteiger partial charge in [-0.3, -0.25) is 13.9 Å². The molecule has 0 aliphatic carbocycles. The number of aryl methyl sites for hydroxylation is 2. The first-order valence-corrected chi connectivity index (χ1v) is 13.4. The Bertz CT molecular complexity index is 1080. The molecule has 0 radical (unpaired) electrons. The molecule has 0 aliphatic rings. The summed E-state index contributed by atoms with van der Waals surface area (Å²) in [5.74, 6) is -0.401. The fourth-order valence-electron chi connectivity index (χ4n) is 3.67. The molecule has 8 heteroatoms. The van der Waals surface area contributed by atoms with Crippen LogP contribution in [0.15, 0.2) is 48.5 Å². The van der Waals surface area contributed by atoms with Gasteiger partial charge in [-0.2, -0.15) is 0 Å². The molecule has 2 aromatic rings. The summed E-state index contributed by atoms with van der Waals surface area (Å²) in [6.07, 6.45) is 1.49. The third-order valence-electron chi connectivity index (χ3n) is 5.51. The molecular weight excluding hydrogens is 450 g/mol. The van der Waals surface area contributed by atoms with Gasteiger partial charge in [0.15, 0.2) is 0 Å². The van der Waals surface area contributed by atoms with Gasteiger partial charge in [-0.25, -0.2) is 8.42 Å². The number of rotatable bonds is 11. The molecule has 0 saturated heterocycles. The Morgan fingerprint density at radius 2 is 1.65 bits per heavy atom. The van der Waals surface area contributed by atoms with Crippen LogP contribution in [0.1, 0.15) is 43.9 Å². The zero-order valence-corrected chi connectivity index (χ0v) is 21.9. The van der Waals surface area contributed by atoms with Gasteiger partial charge in [-0.15, -0.1) is 0 Å². The molecule has 7 nitrogen and oxygen atoms in total. The van der Waals surface area contributed by atoms with Gasteiger partial charge >= 0.3 is 0 Å². The van der Waals surface area contributed by atoms with E-state index >= 15 is 0 Å². The van der Waals surface area contributed by atoms with E-state index in [9.17, 15) is 18.0 Å². The van der Waals surface area contributed by atoms with Crippen molar-refractivity contribution in [3.8, 4) is 0 Å². The predicted molar refractivity (Wildman–Crippen MR) is 137 cm³/mol. The lowest BCUT2D eigenvalue weighted by atomic mass is 10.1. The van der Waals surface area contributed by atoms with Crippen molar-refractivity contribution in [1.82, 2.24) is 10.2 Å². The first kappa shape index (κ1) is 27.4. The summed E-state index contributed by atoms with van der Waals surface area (Å²) < 4.78 is 26.3. The normalized spacial score (nSPS) is 12.3. The zero-order chi connectivity index (χ0) is 25.5. The van der Waals surface area contributed by atoms with Crippen LogP contribution in [0.5, 0.6) is 0 Å². The van der Waals surface area contributed by atoms with E-state index in [-0.39, 0.29) is 24.9 Å². The highest BCUT2D eigenvalue weighted by atomic mass is 32.2. The second-order valence-electron chi connectivity index (χ2n) is 9.18. The van der Waals surface area contributed by atoms with Gasteiger partial charge in [-0.05, 0) is 43.9 Å². The van der Waals surface area contributed by atoms with Crippen LogP contribution in [0.4, 0.5) is 5.69 Å². The maximum Gasteiger partial charge on any atom is 0.244 e. The van der Waals surface area contributed by atoms with Crippen molar-refractivity contribution in [3.63, 3.8) is 0 Å². The van der Waals surface area contributed by atoms with Crippen LogP contribution in [0.3, 0.4) is 0 Å². The number of carbonyl (C=O) groups is 2. The molecule has 0 aliphatic heterocycles. The monoisotopic (exact) mass is 487 g/mol. The number of hydrogen-bond donors (Lipinski definition) is 1. The van der Waals surface area contributed by atoms with Crippen molar-refractivity contribution in [1.29, 1.82) is 0 Å². The highest BCUT2D eigenvalue weighted by molar-refractivity contribution is 7.92. The second-order valence-corrected chi connectivity index (χ2v) is 11.1. The average molecular weight is 488 g/mol. The number of amides is 2. The molecule has 2 aromatic carbocycles. The lowest BCUT2D eigenvalue weighted by Crippen LogP contribution is -2.52. The molecule has 0 aromatic heterocycles. The van der Waals surface area contributed by atoms with E-state index in [1.54, 1.807) is 24.3 Å². The third-order valence-corrected chi connectivity index (χ3v) is 6.65. The van der Waals surface area contributed by atoms with E-state index in [1.807, 2.05) is 58.9 Å². The summed E-state index contributed by atoms with van der Waals surface area (Å²) in [5.41, 5.74) is 3.32. The van der Waals surface area contributed by atoms with Crippen LogP contribution in [0.2, 0.25) is 0 Å². The van der Waals surface area contributed by atoms with Gasteiger partial charge in [-0.1, -0.05) is 68.3 Å². The average Bonchev–Trinajstić information content (AvgIpc) is 2.75. The smallest absolute Gasteiger partial charge is 0.244 e. The van der Waals surface area contributed by atoms with Crippen molar-refractivity contribution in [2.24, 2.45) is 5.92 Å². The summed E-state index contributed by atoms with van der Waals surface area (Å²) in [6.45, 7) is 10.0. The highest BCUT2D eigenvalue weighted by Gasteiger charge is 2.31. The first-order valence-electron chi connectivity index (χ1n) is 11.6. The summed E-state index contributed by atoms with van der Waals surface area (Å²) >= 11 is 0. The SMILES string of the molecule is CCC(C(=O)NCC(C)C)N(Cc1cccc(C)c1)C(=O)CN(c1ccc(C)cc1)S(C)(=O)=O. The van der Waals surface area contributed by atoms with Crippen LogP contribution in [0, 0.1) is 19.8 Å². The van der Waals surface area contributed by atoms with Crippen LogP contribution in [-0.2, 0) is 26.2 Å². The van der Waals surface area contributed by atoms with E-state index in [1.165, 1.54) is 4.90 Å². The number of carbonyl (C=O) groups excluding carboxylic acids is 2. The number of nitrogens with one attached hydrogen (secondary N) is 1. The van der Waals surface area contributed by atoms with Gasteiger partial charge in [0.25, 0.3) is 0 Å². The first-order chi connectivity index (χ1) is 15.9. The minimum atomic E-state index is -3.73. The van der Waals surface area contributed by atoms with E-state index in [4.69, 9.17) is 0 Å². The molecule has 0 fully saturated rings. The summed E-state index contributed by atoms with van der Waals surface area (Å²) in [6, 6.07) is 14.0. The van der Waals surface area contributed by atoms with E-state index in [0.717, 1.165) is 27.3 Å². The Morgan fingerprint density at radius 1 is 1.00 bits per heavy atom. The van der Waals surface area contributed by atoms with Crippen LogP contribution in [-0.4, -0.2) is 50.5 Å². The second kappa shape index (κ2) is 12.0. The number of sulfonamides is 1. The van der Waals surface area contributed by atoms with Gasteiger partial charge in [0, 0.05) is 13.1 Å². The number of hydrogen-bond acceptors (Lipinski definition) is 4. The van der Waals surface area contributed by atoms with E-state index in [2.05, 4.69) is 5.32 Å². The van der Waals surface area contributed by atoms with Crippen LogP contribution in [0.25, 0.3) is 0 Å². The van der Waals surface area contributed by atoms with E-state index < -0.39 is 22.0 Å². The predicted octanol–water partition coefficient (Wildman–Crippen LogP) is 3.65. The molecule has 0 bridgehead atoms. The molecule has 2 rings (SSSR count). The third kappa shape index (κ3) is 7.87. The molecule has 0 heterocycles. The Morgan fingerprint density at radius 3 is 2.18 bits per heavy atom. The molecule has 0 spiro atoms. The minimum Gasteiger partial charge on any atom is -0.354 e. The van der Waals surface area contributed by atoms with Crippen molar-refractivity contribution in [2.45, 2.75) is 53.6 Å². The van der Waals surface area contributed by atoms with Gasteiger partial charge in [0.1, 0.15) is 12.6 Å². The molecule has 186 valence electrons. The zero-order valence-electron chi connectivity index (χ0n) is 21.0. The molecule has 0 saturated carbocycles. The summed E-state index contributed by atoms with van der Waals surface area (Å²) in [4.78, 5) is 28.1. The van der Waals surface area contributed by atoms with Crippen molar-refractivity contribution >= 4 is 27.5 Å². The van der Waals surface area contributed by atoms with Crippen LogP contribution < -0.4 is 9.62 Å². The fraction of sp³-hybridized carbons (Fsp3) is 0.462. The standard InChI is InChI=1S/C26H37N3O4S/c1-7-24(26(31)27-16-19(2)3)28(17-22-10-8-9-21(5)15-22)25(30)18-29(34(6,32)33)23-13-11-20(4)12-14-23/h8-15,19,24H,7,16-18H2,1-6H3,(H,27,31). The van der Waals surface area contributed by atoms with Gasteiger partial charge < -0.3 is 10.2 Å².